The molecule has 1 aliphatic carbocycles. The van der Waals surface area contributed by atoms with E-state index in [1.807, 2.05) is 12.1 Å². The van der Waals surface area contributed by atoms with Crippen molar-refractivity contribution in [3.63, 3.8) is 0 Å². The summed E-state index contributed by atoms with van der Waals surface area (Å²) in [4.78, 5) is 6.14. The normalized spacial score (nSPS) is 25.5. The van der Waals surface area contributed by atoms with E-state index >= 15 is 0 Å². The zero-order chi connectivity index (χ0) is 19.3. The van der Waals surface area contributed by atoms with Crippen molar-refractivity contribution in [3.8, 4) is 17.0 Å². The smallest absolute Gasteiger partial charge is 0.128 e. The number of H-pyrrole nitrogens is 1. The molecule has 0 radical (unpaired) electrons. The number of aromatic amines is 1. The van der Waals surface area contributed by atoms with Gasteiger partial charge < -0.3 is 15.5 Å². The molecule has 3 atom stereocenters. The molecule has 146 valence electrons. The summed E-state index contributed by atoms with van der Waals surface area (Å²) in [5.74, 6) is 1.68. The van der Waals surface area contributed by atoms with E-state index in [-0.39, 0.29) is 0 Å². The Morgan fingerprint density at radius 2 is 2.11 bits per heavy atom. The van der Waals surface area contributed by atoms with Crippen LogP contribution in [0.1, 0.15) is 25.3 Å². The predicted molar refractivity (Wildman–Crippen MR) is 115 cm³/mol. The summed E-state index contributed by atoms with van der Waals surface area (Å²) >= 11 is 0. The van der Waals surface area contributed by atoms with E-state index in [0.717, 1.165) is 36.0 Å². The van der Waals surface area contributed by atoms with Crippen LogP contribution in [0.2, 0.25) is 0 Å². The van der Waals surface area contributed by atoms with Gasteiger partial charge in [-0.05, 0) is 68.1 Å². The van der Waals surface area contributed by atoms with E-state index in [9.17, 15) is 0 Å². The zero-order valence-electron chi connectivity index (χ0n) is 16.7. The van der Waals surface area contributed by atoms with Crippen molar-refractivity contribution in [3.05, 3.63) is 54.1 Å². The highest BCUT2D eigenvalue weighted by molar-refractivity contribution is 5.87. The number of piperidine rings is 1. The van der Waals surface area contributed by atoms with Crippen molar-refractivity contribution < 1.29 is 4.74 Å². The Kier molecular flexibility index (Phi) is 4.22. The van der Waals surface area contributed by atoms with Gasteiger partial charge in [-0.15, -0.1) is 0 Å². The molecule has 4 heteroatoms. The molecule has 1 aliphatic heterocycles. The molecule has 2 aliphatic rings. The fourth-order valence-corrected chi connectivity index (χ4v) is 5.15. The van der Waals surface area contributed by atoms with Crippen LogP contribution in [0.25, 0.3) is 22.2 Å². The maximum Gasteiger partial charge on any atom is 0.128 e. The maximum absolute atomic E-state index is 5.89. The number of fused-ring (bicyclic) bond motifs is 2. The number of hydrogen-bond donors (Lipinski definition) is 2. The van der Waals surface area contributed by atoms with E-state index < -0.39 is 0 Å². The first-order valence-electron chi connectivity index (χ1n) is 10.4. The van der Waals surface area contributed by atoms with Gasteiger partial charge in [-0.3, -0.25) is 4.90 Å². The maximum atomic E-state index is 5.89. The number of para-hydroxylation sites is 1. The van der Waals surface area contributed by atoms with Gasteiger partial charge in [0.15, 0.2) is 0 Å². The van der Waals surface area contributed by atoms with E-state index in [1.54, 1.807) is 7.11 Å². The van der Waals surface area contributed by atoms with Crippen molar-refractivity contribution in [2.45, 2.75) is 31.2 Å². The van der Waals surface area contributed by atoms with Crippen molar-refractivity contribution in [2.75, 3.05) is 26.7 Å². The van der Waals surface area contributed by atoms with Crippen LogP contribution in [0.5, 0.6) is 5.75 Å². The monoisotopic (exact) mass is 375 g/mol. The lowest BCUT2D eigenvalue weighted by Gasteiger charge is -2.35. The third kappa shape index (κ3) is 2.75. The number of likely N-dealkylation sites (tertiary alicyclic amines) is 1. The van der Waals surface area contributed by atoms with Gasteiger partial charge in [0.1, 0.15) is 5.75 Å². The minimum atomic E-state index is 0.390. The molecule has 1 aromatic heterocycles. The van der Waals surface area contributed by atoms with E-state index in [0.29, 0.717) is 11.5 Å². The molecule has 5 rings (SSSR count). The molecular weight excluding hydrogens is 346 g/mol. The van der Waals surface area contributed by atoms with Gasteiger partial charge in [-0.25, -0.2) is 0 Å². The number of aromatic nitrogens is 1. The van der Waals surface area contributed by atoms with Crippen molar-refractivity contribution in [1.82, 2.24) is 9.88 Å². The quantitative estimate of drug-likeness (QED) is 0.704. The van der Waals surface area contributed by atoms with Crippen LogP contribution in [0.15, 0.2) is 48.5 Å². The second-order valence-electron chi connectivity index (χ2n) is 8.57. The lowest BCUT2D eigenvalue weighted by atomic mass is 9.86. The zero-order valence-corrected chi connectivity index (χ0v) is 16.7. The lowest BCUT2D eigenvalue weighted by molar-refractivity contribution is 0.161. The van der Waals surface area contributed by atoms with Gasteiger partial charge in [0, 0.05) is 41.0 Å². The predicted octanol–water partition coefficient (Wildman–Crippen LogP) is 4.15. The summed E-state index contributed by atoms with van der Waals surface area (Å²) in [5.41, 5.74) is 11.2. The fourth-order valence-electron chi connectivity index (χ4n) is 5.15. The van der Waals surface area contributed by atoms with Crippen LogP contribution in [-0.2, 0) is 5.41 Å². The van der Waals surface area contributed by atoms with Gasteiger partial charge >= 0.3 is 0 Å². The van der Waals surface area contributed by atoms with E-state index in [4.69, 9.17) is 10.5 Å². The molecule has 1 saturated heterocycles. The van der Waals surface area contributed by atoms with E-state index in [1.165, 1.54) is 35.9 Å². The second-order valence-corrected chi connectivity index (χ2v) is 8.57. The van der Waals surface area contributed by atoms with Crippen LogP contribution in [0.3, 0.4) is 0 Å². The number of nitrogens with two attached hydrogens (primary N) is 1. The Morgan fingerprint density at radius 1 is 1.25 bits per heavy atom. The largest absolute Gasteiger partial charge is 0.496 e. The summed E-state index contributed by atoms with van der Waals surface area (Å²) < 4.78 is 5.54. The van der Waals surface area contributed by atoms with Crippen LogP contribution in [0.4, 0.5) is 0 Å². The highest BCUT2D eigenvalue weighted by atomic mass is 16.5. The molecule has 0 bridgehead atoms. The lowest BCUT2D eigenvalue weighted by Crippen LogP contribution is -2.44. The molecule has 2 aromatic carbocycles. The molecule has 28 heavy (non-hydrogen) atoms. The molecule has 2 heterocycles. The Labute approximate surface area is 166 Å². The average Bonchev–Trinajstić information content (AvgIpc) is 3.34. The summed E-state index contributed by atoms with van der Waals surface area (Å²) in [7, 11) is 1.73. The summed E-state index contributed by atoms with van der Waals surface area (Å²) in [5, 5.41) is 1.29. The van der Waals surface area contributed by atoms with Gasteiger partial charge in [0.25, 0.3) is 0 Å². The molecule has 3 aromatic rings. The average molecular weight is 376 g/mol. The standard InChI is InChI=1S/C24H29N3O/c1-16(14-25)27-10-9-24(13-19(24)15-27)18-7-8-21-17(11-18)12-22(26-21)20-5-3-4-6-23(20)28-2/h3-8,11-12,16,19,26H,9-10,13-15,25H2,1-2H3. The molecule has 1 saturated carbocycles. The van der Waals surface area contributed by atoms with E-state index in [2.05, 4.69) is 53.2 Å². The van der Waals surface area contributed by atoms with Crippen molar-refractivity contribution in [2.24, 2.45) is 11.7 Å². The molecule has 3 unspecified atom stereocenters. The number of benzene rings is 2. The fraction of sp³-hybridized carbons (Fsp3) is 0.417. The van der Waals surface area contributed by atoms with Crippen LogP contribution < -0.4 is 10.5 Å². The number of nitrogens with zero attached hydrogens (tertiary/aromatic N) is 1. The number of ether oxygens (including phenoxy) is 1. The minimum absolute atomic E-state index is 0.390. The van der Waals surface area contributed by atoms with Crippen LogP contribution in [0, 0.1) is 5.92 Å². The number of rotatable bonds is 5. The molecule has 0 spiro atoms. The Bertz CT molecular complexity index is 1010. The summed E-state index contributed by atoms with van der Waals surface area (Å²) in [6.45, 7) is 5.35. The highest BCUT2D eigenvalue weighted by Crippen LogP contribution is 2.59. The summed E-state index contributed by atoms with van der Waals surface area (Å²) in [6, 6.07) is 17.9. The first-order chi connectivity index (χ1) is 13.6. The van der Waals surface area contributed by atoms with Gasteiger partial charge in [0.05, 0.1) is 12.8 Å². The molecule has 4 nitrogen and oxygen atoms in total. The topological polar surface area (TPSA) is 54.3 Å². The SMILES string of the molecule is COc1ccccc1-c1cc2cc(C34CCN(C(C)CN)CC3C4)ccc2[nH]1. The van der Waals surface area contributed by atoms with Gasteiger partial charge in [-0.2, -0.15) is 0 Å². The first kappa shape index (κ1) is 17.8. The Balaban J connectivity index is 1.44. The number of nitrogens with one attached hydrogen (secondary N) is 1. The van der Waals surface area contributed by atoms with Crippen molar-refractivity contribution in [1.29, 1.82) is 0 Å². The number of hydrogen-bond acceptors (Lipinski definition) is 3. The van der Waals surface area contributed by atoms with Crippen molar-refractivity contribution >= 4 is 10.9 Å². The third-order valence-corrected chi connectivity index (χ3v) is 7.09. The van der Waals surface area contributed by atoms with Crippen LogP contribution >= 0.6 is 0 Å². The number of methoxy groups -OCH3 is 1. The van der Waals surface area contributed by atoms with Gasteiger partial charge in [0.2, 0.25) is 0 Å². The third-order valence-electron chi connectivity index (χ3n) is 7.09. The molecule has 2 fully saturated rings. The molecule has 3 N–H and O–H groups in total. The Hall–Kier alpha value is -2.30. The first-order valence-corrected chi connectivity index (χ1v) is 10.4. The van der Waals surface area contributed by atoms with Gasteiger partial charge in [-0.1, -0.05) is 18.2 Å². The molecular formula is C24H29N3O. The van der Waals surface area contributed by atoms with Crippen LogP contribution in [-0.4, -0.2) is 42.7 Å². The highest BCUT2D eigenvalue weighted by Gasteiger charge is 2.57. The Morgan fingerprint density at radius 3 is 2.89 bits per heavy atom. The summed E-state index contributed by atoms with van der Waals surface area (Å²) in [6.07, 6.45) is 2.56. The molecule has 0 amide bonds. The second kappa shape index (κ2) is 6.64. The minimum Gasteiger partial charge on any atom is -0.496 e.